The number of nitrogens with one attached hydrogen (secondary N) is 1. The van der Waals surface area contributed by atoms with Gasteiger partial charge >= 0.3 is 0 Å². The number of hydrogen-bond acceptors (Lipinski definition) is 3. The highest BCUT2D eigenvalue weighted by molar-refractivity contribution is 6.17. The summed E-state index contributed by atoms with van der Waals surface area (Å²) in [5.74, 6) is 0.735. The molecule has 13 heavy (non-hydrogen) atoms. The molecule has 0 aromatic heterocycles. The third kappa shape index (κ3) is 4.81. The van der Waals surface area contributed by atoms with Gasteiger partial charge in [-0.1, -0.05) is 0 Å². The maximum atomic E-state index is 5.59. The lowest BCUT2D eigenvalue weighted by Crippen LogP contribution is -2.44. The first-order valence-electron chi connectivity index (χ1n) is 4.89. The van der Waals surface area contributed by atoms with Gasteiger partial charge in [0, 0.05) is 25.5 Å². The van der Waals surface area contributed by atoms with Crippen LogP contribution < -0.4 is 5.32 Å². The van der Waals surface area contributed by atoms with E-state index in [2.05, 4.69) is 17.3 Å². The van der Waals surface area contributed by atoms with E-state index in [1.165, 1.54) is 0 Å². The number of halogens is 1. The molecule has 1 N–H and O–H groups in total. The monoisotopic (exact) mass is 206 g/mol. The molecule has 1 saturated heterocycles. The van der Waals surface area contributed by atoms with Crippen LogP contribution in [0.25, 0.3) is 0 Å². The van der Waals surface area contributed by atoms with E-state index in [1.807, 2.05) is 0 Å². The van der Waals surface area contributed by atoms with Crippen molar-refractivity contribution in [2.75, 3.05) is 45.7 Å². The number of rotatable bonds is 5. The Morgan fingerprint density at radius 3 is 3.15 bits per heavy atom. The van der Waals surface area contributed by atoms with Crippen molar-refractivity contribution in [3.63, 3.8) is 0 Å². The first kappa shape index (κ1) is 11.2. The molecule has 0 saturated carbocycles. The highest BCUT2D eigenvalue weighted by Gasteiger charge is 2.16. The largest absolute Gasteiger partial charge is 0.374 e. The Labute approximate surface area is 85.4 Å². The summed E-state index contributed by atoms with van der Waals surface area (Å²) in [6.45, 7) is 4.89. The molecule has 78 valence electrons. The van der Waals surface area contributed by atoms with E-state index >= 15 is 0 Å². The lowest BCUT2D eigenvalue weighted by atomic mass is 10.3. The van der Waals surface area contributed by atoms with Crippen molar-refractivity contribution >= 4 is 11.6 Å². The molecule has 1 fully saturated rings. The first-order chi connectivity index (χ1) is 6.33. The van der Waals surface area contributed by atoms with Crippen molar-refractivity contribution in [1.82, 2.24) is 10.2 Å². The normalized spacial score (nSPS) is 24.9. The lowest BCUT2D eigenvalue weighted by molar-refractivity contribution is -0.0179. The van der Waals surface area contributed by atoms with Gasteiger partial charge in [0.25, 0.3) is 0 Å². The third-order valence-corrected chi connectivity index (χ3v) is 2.47. The van der Waals surface area contributed by atoms with Crippen LogP contribution in [0.15, 0.2) is 0 Å². The summed E-state index contributed by atoms with van der Waals surface area (Å²) < 4.78 is 5.59. The molecule has 1 atom stereocenters. The zero-order valence-corrected chi connectivity index (χ0v) is 9.02. The van der Waals surface area contributed by atoms with Crippen molar-refractivity contribution in [2.24, 2.45) is 0 Å². The van der Waals surface area contributed by atoms with E-state index in [1.54, 1.807) is 0 Å². The van der Waals surface area contributed by atoms with E-state index in [4.69, 9.17) is 16.3 Å². The predicted molar refractivity (Wildman–Crippen MR) is 55.4 cm³/mol. The fourth-order valence-corrected chi connectivity index (χ4v) is 1.58. The molecule has 1 unspecified atom stereocenters. The molecule has 0 aliphatic carbocycles. The maximum absolute atomic E-state index is 5.59. The minimum absolute atomic E-state index is 0.356. The van der Waals surface area contributed by atoms with Crippen LogP contribution in [0.5, 0.6) is 0 Å². The Morgan fingerprint density at radius 2 is 2.46 bits per heavy atom. The number of hydrogen-bond donors (Lipinski definition) is 1. The Morgan fingerprint density at radius 1 is 1.62 bits per heavy atom. The zero-order valence-electron chi connectivity index (χ0n) is 8.26. The highest BCUT2D eigenvalue weighted by Crippen LogP contribution is 2.01. The minimum atomic E-state index is 0.356. The summed E-state index contributed by atoms with van der Waals surface area (Å²) in [7, 11) is 2.13. The minimum Gasteiger partial charge on any atom is -0.374 e. The van der Waals surface area contributed by atoms with Gasteiger partial charge in [-0.3, -0.25) is 0 Å². The maximum Gasteiger partial charge on any atom is 0.0826 e. The van der Waals surface area contributed by atoms with E-state index in [0.29, 0.717) is 6.10 Å². The first-order valence-corrected chi connectivity index (χ1v) is 5.43. The van der Waals surface area contributed by atoms with Gasteiger partial charge in [-0.25, -0.2) is 0 Å². The van der Waals surface area contributed by atoms with Gasteiger partial charge < -0.3 is 15.0 Å². The average molecular weight is 207 g/mol. The van der Waals surface area contributed by atoms with E-state index in [-0.39, 0.29) is 0 Å². The molecule has 0 radical (unpaired) electrons. The van der Waals surface area contributed by atoms with Gasteiger partial charge in [0.2, 0.25) is 0 Å². The standard InChI is InChI=1S/C9H19ClN2O/c1-12-5-6-13-9(8-12)7-11-4-2-3-10/h9,11H,2-8H2,1H3. The number of nitrogens with zero attached hydrogens (tertiary/aromatic N) is 1. The fraction of sp³-hybridized carbons (Fsp3) is 1.00. The molecule has 0 spiro atoms. The van der Waals surface area contributed by atoms with Crippen molar-refractivity contribution in [2.45, 2.75) is 12.5 Å². The van der Waals surface area contributed by atoms with E-state index in [0.717, 1.165) is 45.1 Å². The van der Waals surface area contributed by atoms with Crippen LogP contribution in [0.1, 0.15) is 6.42 Å². The summed E-state index contributed by atoms with van der Waals surface area (Å²) in [5, 5.41) is 3.34. The summed E-state index contributed by atoms with van der Waals surface area (Å²) in [6.07, 6.45) is 1.39. The molecule has 4 heteroatoms. The molecule has 0 aromatic rings. The van der Waals surface area contributed by atoms with Crippen molar-refractivity contribution in [3.8, 4) is 0 Å². The second-order valence-electron chi connectivity index (χ2n) is 3.50. The van der Waals surface area contributed by atoms with Crippen LogP contribution in [0.4, 0.5) is 0 Å². The van der Waals surface area contributed by atoms with Crippen molar-refractivity contribution < 1.29 is 4.74 Å². The van der Waals surface area contributed by atoms with Crippen LogP contribution in [-0.2, 0) is 4.74 Å². The fourth-order valence-electron chi connectivity index (χ4n) is 1.45. The third-order valence-electron chi connectivity index (χ3n) is 2.20. The molecule has 1 heterocycles. The van der Waals surface area contributed by atoms with Crippen LogP contribution in [0.3, 0.4) is 0 Å². The second-order valence-corrected chi connectivity index (χ2v) is 3.88. The van der Waals surface area contributed by atoms with Crippen LogP contribution in [0.2, 0.25) is 0 Å². The molecule has 0 bridgehead atoms. The summed E-state index contributed by atoms with van der Waals surface area (Å²) in [4.78, 5) is 2.30. The van der Waals surface area contributed by atoms with Gasteiger partial charge in [-0.2, -0.15) is 0 Å². The van der Waals surface area contributed by atoms with E-state index in [9.17, 15) is 0 Å². The van der Waals surface area contributed by atoms with Crippen molar-refractivity contribution in [3.05, 3.63) is 0 Å². The van der Waals surface area contributed by atoms with Gasteiger partial charge in [-0.15, -0.1) is 11.6 Å². The van der Waals surface area contributed by atoms with Gasteiger partial charge in [0.05, 0.1) is 12.7 Å². The quantitative estimate of drug-likeness (QED) is 0.525. The topological polar surface area (TPSA) is 24.5 Å². The summed E-state index contributed by atoms with van der Waals surface area (Å²) in [6, 6.07) is 0. The Kier molecular flexibility index (Phi) is 5.71. The molecule has 1 aliphatic heterocycles. The molecule has 0 aromatic carbocycles. The summed E-state index contributed by atoms with van der Waals surface area (Å²) in [5.41, 5.74) is 0. The van der Waals surface area contributed by atoms with Gasteiger partial charge in [-0.05, 0) is 20.0 Å². The van der Waals surface area contributed by atoms with Crippen LogP contribution in [0, 0.1) is 0 Å². The molecule has 1 aliphatic rings. The van der Waals surface area contributed by atoms with Crippen molar-refractivity contribution in [1.29, 1.82) is 0 Å². The molecule has 0 amide bonds. The Bertz CT molecular complexity index is 135. The molecular weight excluding hydrogens is 188 g/mol. The smallest absolute Gasteiger partial charge is 0.0826 e. The molecule has 3 nitrogen and oxygen atoms in total. The number of morpholine rings is 1. The lowest BCUT2D eigenvalue weighted by Gasteiger charge is -2.30. The molecular formula is C9H19ClN2O. The average Bonchev–Trinajstić information content (AvgIpc) is 2.13. The number of likely N-dealkylation sites (N-methyl/N-ethyl adjacent to an activating group) is 1. The SMILES string of the molecule is CN1CCOC(CNCCCCl)C1. The highest BCUT2D eigenvalue weighted by atomic mass is 35.5. The number of ether oxygens (including phenoxy) is 1. The van der Waals surface area contributed by atoms with E-state index < -0.39 is 0 Å². The number of alkyl halides is 1. The summed E-state index contributed by atoms with van der Waals surface area (Å²) >= 11 is 5.57. The van der Waals surface area contributed by atoms with Gasteiger partial charge in [0.15, 0.2) is 0 Å². The molecule has 1 rings (SSSR count). The van der Waals surface area contributed by atoms with Gasteiger partial charge in [0.1, 0.15) is 0 Å². The van der Waals surface area contributed by atoms with Crippen LogP contribution >= 0.6 is 11.6 Å². The second kappa shape index (κ2) is 6.60. The Balaban J connectivity index is 2.00. The Hall–Kier alpha value is 0.170. The van der Waals surface area contributed by atoms with Crippen LogP contribution in [-0.4, -0.2) is 56.7 Å². The predicted octanol–water partition coefficient (Wildman–Crippen LogP) is 0.535. The zero-order chi connectivity index (χ0) is 9.52.